The van der Waals surface area contributed by atoms with Crippen LogP contribution in [0, 0.1) is 0 Å². The Labute approximate surface area is 82.6 Å². The monoisotopic (exact) mass is 191 g/mol. The van der Waals surface area contributed by atoms with Gasteiger partial charge in [-0.15, -0.1) is 0 Å². The van der Waals surface area contributed by atoms with Crippen molar-refractivity contribution in [2.45, 2.75) is 6.92 Å². The molecule has 0 atom stereocenters. The molecule has 0 saturated heterocycles. The Kier molecular flexibility index (Phi) is 3.73. The predicted octanol–water partition coefficient (Wildman–Crippen LogP) is 2.02. The van der Waals surface area contributed by atoms with E-state index in [4.69, 9.17) is 4.74 Å². The molecule has 0 unspecified atom stereocenters. The summed E-state index contributed by atoms with van der Waals surface area (Å²) in [5.74, 6) is -0.575. The molecule has 0 spiro atoms. The molecule has 1 radical (unpaired) electrons. The summed E-state index contributed by atoms with van der Waals surface area (Å²) in [6, 6.07) is 8.73. The van der Waals surface area contributed by atoms with Gasteiger partial charge in [-0.05, 0) is 12.5 Å². The van der Waals surface area contributed by atoms with E-state index in [1.807, 2.05) is 6.07 Å². The van der Waals surface area contributed by atoms with Gasteiger partial charge >= 0.3 is 5.97 Å². The fourth-order valence-corrected chi connectivity index (χ4v) is 1.06. The Morgan fingerprint density at radius 2 is 2.00 bits per heavy atom. The maximum atomic E-state index is 11.3. The van der Waals surface area contributed by atoms with Crippen molar-refractivity contribution in [3.8, 4) is 0 Å². The Balaban J connectivity index is 2.89. The van der Waals surface area contributed by atoms with E-state index in [9.17, 15) is 9.90 Å². The highest BCUT2D eigenvalue weighted by molar-refractivity contribution is 6.16. The van der Waals surface area contributed by atoms with Gasteiger partial charge in [0.25, 0.3) is 0 Å². The van der Waals surface area contributed by atoms with Gasteiger partial charge in [0.05, 0.1) is 6.61 Å². The van der Waals surface area contributed by atoms with Gasteiger partial charge in [0.1, 0.15) is 5.57 Å². The lowest BCUT2D eigenvalue weighted by atomic mass is 10.1. The van der Waals surface area contributed by atoms with Crippen molar-refractivity contribution in [1.29, 1.82) is 0 Å². The summed E-state index contributed by atoms with van der Waals surface area (Å²) < 4.78 is 4.74. The normalized spacial score (nSPS) is 11.1. The molecular weight excluding hydrogens is 180 g/mol. The summed E-state index contributed by atoms with van der Waals surface area (Å²) in [4.78, 5) is 11.3. The molecule has 3 nitrogen and oxygen atoms in total. The zero-order valence-electron chi connectivity index (χ0n) is 7.90. The summed E-state index contributed by atoms with van der Waals surface area (Å²) in [5, 5.41) is 10.7. The van der Waals surface area contributed by atoms with Crippen molar-refractivity contribution < 1.29 is 14.6 Å². The maximum absolute atomic E-state index is 11.3. The summed E-state index contributed by atoms with van der Waals surface area (Å²) in [6.07, 6.45) is 0.521. The summed E-state index contributed by atoms with van der Waals surface area (Å²) in [5.41, 5.74) is 0.647. The highest BCUT2D eigenvalue weighted by atomic mass is 16.5. The lowest BCUT2D eigenvalue weighted by Gasteiger charge is -2.04. The number of benzene rings is 1. The van der Waals surface area contributed by atoms with Gasteiger partial charge in [-0.1, -0.05) is 30.3 Å². The van der Waals surface area contributed by atoms with E-state index in [0.29, 0.717) is 11.8 Å². The lowest BCUT2D eigenvalue weighted by molar-refractivity contribution is -0.136. The van der Waals surface area contributed by atoms with E-state index in [1.165, 1.54) is 0 Å². The van der Waals surface area contributed by atoms with Crippen molar-refractivity contribution in [1.82, 2.24) is 0 Å². The Morgan fingerprint density at radius 1 is 1.36 bits per heavy atom. The summed E-state index contributed by atoms with van der Waals surface area (Å²) in [6.45, 7) is 1.97. The van der Waals surface area contributed by atoms with E-state index >= 15 is 0 Å². The van der Waals surface area contributed by atoms with Crippen LogP contribution in [-0.2, 0) is 14.6 Å². The number of hydrogen-bond donors (Lipinski definition) is 0. The van der Waals surface area contributed by atoms with E-state index in [2.05, 4.69) is 0 Å². The highest BCUT2D eigenvalue weighted by Crippen LogP contribution is 2.14. The molecule has 0 aliphatic carbocycles. The molecule has 0 aromatic heterocycles. The number of rotatable bonds is 3. The third kappa shape index (κ3) is 2.36. The van der Waals surface area contributed by atoms with Gasteiger partial charge in [-0.3, -0.25) is 5.11 Å². The Bertz CT molecular complexity index is 328. The number of carbonyl (C=O) groups is 1. The van der Waals surface area contributed by atoms with Gasteiger partial charge in [-0.2, -0.15) is 0 Å². The minimum absolute atomic E-state index is 0.0625. The number of hydrogen-bond acceptors (Lipinski definition) is 2. The molecule has 0 aliphatic heterocycles. The van der Waals surface area contributed by atoms with Crippen LogP contribution in [0.2, 0.25) is 0 Å². The molecule has 0 bridgehead atoms. The van der Waals surface area contributed by atoms with Gasteiger partial charge < -0.3 is 4.74 Å². The second kappa shape index (κ2) is 5.07. The van der Waals surface area contributed by atoms with Crippen molar-refractivity contribution in [2.75, 3.05) is 6.61 Å². The zero-order valence-corrected chi connectivity index (χ0v) is 7.90. The molecule has 0 N–H and O–H groups in total. The Hall–Kier alpha value is -1.77. The molecular formula is C11H11O3. The van der Waals surface area contributed by atoms with Crippen LogP contribution in [0.1, 0.15) is 12.5 Å². The average Bonchev–Trinajstić information content (AvgIpc) is 2.21. The molecule has 0 heterocycles. The third-order valence-corrected chi connectivity index (χ3v) is 1.70. The molecule has 0 aliphatic rings. The van der Waals surface area contributed by atoms with Crippen LogP contribution >= 0.6 is 0 Å². The average molecular weight is 191 g/mol. The first kappa shape index (κ1) is 10.3. The van der Waals surface area contributed by atoms with Crippen molar-refractivity contribution in [3.63, 3.8) is 0 Å². The minimum atomic E-state index is -0.575. The second-order valence-electron chi connectivity index (χ2n) is 2.62. The molecule has 1 aromatic carbocycles. The van der Waals surface area contributed by atoms with Crippen LogP contribution in [0.5, 0.6) is 0 Å². The largest absolute Gasteiger partial charge is 0.462 e. The topological polar surface area (TPSA) is 46.2 Å². The van der Waals surface area contributed by atoms with E-state index < -0.39 is 5.97 Å². The number of esters is 1. The predicted molar refractivity (Wildman–Crippen MR) is 51.7 cm³/mol. The fourth-order valence-electron chi connectivity index (χ4n) is 1.06. The van der Waals surface area contributed by atoms with Gasteiger partial charge in [0.2, 0.25) is 0 Å². The van der Waals surface area contributed by atoms with Gasteiger partial charge in [0.15, 0.2) is 6.26 Å². The summed E-state index contributed by atoms with van der Waals surface area (Å²) in [7, 11) is 0. The standard InChI is InChI=1S/C11H11O3/c1-2-14-11(13)10(8-12)9-6-4-3-5-7-9/h3-8H,2H2,1H3. The number of ether oxygens (including phenoxy) is 1. The lowest BCUT2D eigenvalue weighted by Crippen LogP contribution is -2.06. The summed E-state index contributed by atoms with van der Waals surface area (Å²) >= 11 is 0. The quantitative estimate of drug-likeness (QED) is 0.417. The number of carbonyl (C=O) groups excluding carboxylic acids is 1. The smallest absolute Gasteiger partial charge is 0.342 e. The molecule has 3 heteroatoms. The third-order valence-electron chi connectivity index (χ3n) is 1.70. The van der Waals surface area contributed by atoms with Crippen molar-refractivity contribution in [2.24, 2.45) is 0 Å². The van der Waals surface area contributed by atoms with Gasteiger partial charge in [0, 0.05) is 0 Å². The first-order valence-electron chi connectivity index (χ1n) is 4.34. The maximum Gasteiger partial charge on any atom is 0.342 e. The molecule has 1 rings (SSSR count). The Morgan fingerprint density at radius 3 is 2.50 bits per heavy atom. The van der Waals surface area contributed by atoms with Crippen LogP contribution < -0.4 is 0 Å². The van der Waals surface area contributed by atoms with Crippen LogP contribution in [0.25, 0.3) is 5.57 Å². The first-order chi connectivity index (χ1) is 6.79. The van der Waals surface area contributed by atoms with E-state index in [0.717, 1.165) is 0 Å². The molecule has 1 aromatic rings. The van der Waals surface area contributed by atoms with Crippen molar-refractivity contribution in [3.05, 3.63) is 42.2 Å². The molecule has 73 valence electrons. The minimum Gasteiger partial charge on any atom is -0.462 e. The zero-order chi connectivity index (χ0) is 10.4. The molecule has 0 amide bonds. The SMILES string of the molecule is CCOC(=O)C(=C[O])c1ccccc1. The van der Waals surface area contributed by atoms with Gasteiger partial charge in [-0.25, -0.2) is 4.79 Å². The second-order valence-corrected chi connectivity index (χ2v) is 2.62. The molecule has 0 fully saturated rings. The van der Waals surface area contributed by atoms with E-state index in [-0.39, 0.29) is 12.2 Å². The highest BCUT2D eigenvalue weighted by Gasteiger charge is 2.12. The van der Waals surface area contributed by atoms with E-state index in [1.54, 1.807) is 31.2 Å². The van der Waals surface area contributed by atoms with Crippen LogP contribution in [0.15, 0.2) is 36.6 Å². The van der Waals surface area contributed by atoms with Crippen molar-refractivity contribution >= 4 is 11.5 Å². The van der Waals surface area contributed by atoms with Crippen LogP contribution in [0.3, 0.4) is 0 Å². The fraction of sp³-hybridized carbons (Fsp3) is 0.182. The van der Waals surface area contributed by atoms with Crippen LogP contribution in [0.4, 0.5) is 0 Å². The first-order valence-corrected chi connectivity index (χ1v) is 4.34. The molecule has 14 heavy (non-hydrogen) atoms. The molecule has 0 saturated carbocycles. The van der Waals surface area contributed by atoms with Crippen LogP contribution in [-0.4, -0.2) is 12.6 Å².